The summed E-state index contributed by atoms with van der Waals surface area (Å²) in [6.45, 7) is 4.96. The van der Waals surface area contributed by atoms with Gasteiger partial charge in [0.15, 0.2) is 0 Å². The van der Waals surface area contributed by atoms with E-state index >= 15 is 0 Å². The molecule has 0 fully saturated rings. The van der Waals surface area contributed by atoms with Crippen molar-refractivity contribution in [3.63, 3.8) is 0 Å². The molecule has 0 spiro atoms. The summed E-state index contributed by atoms with van der Waals surface area (Å²) in [6.07, 6.45) is -3.81. The van der Waals surface area contributed by atoms with Crippen molar-refractivity contribution in [2.75, 3.05) is 10.6 Å². The molecule has 3 amide bonds. The van der Waals surface area contributed by atoms with Crippen LogP contribution in [0, 0.1) is 0 Å². The van der Waals surface area contributed by atoms with Crippen LogP contribution in [0.15, 0.2) is 42.5 Å². The second-order valence-corrected chi connectivity index (χ2v) is 6.35. The minimum atomic E-state index is -4.70. The van der Waals surface area contributed by atoms with E-state index in [1.54, 1.807) is 6.92 Å². The van der Waals surface area contributed by atoms with Gasteiger partial charge in [-0.1, -0.05) is 31.2 Å². The maximum atomic E-state index is 13.3. The Kier molecular flexibility index (Phi) is 6.66. The van der Waals surface area contributed by atoms with Gasteiger partial charge in [-0.3, -0.25) is 4.79 Å². The Labute approximate surface area is 161 Å². The van der Waals surface area contributed by atoms with E-state index < -0.39 is 29.4 Å². The number of alkyl halides is 3. The number of anilines is 2. The van der Waals surface area contributed by atoms with Gasteiger partial charge in [0, 0.05) is 12.6 Å². The third kappa shape index (κ3) is 5.73. The van der Waals surface area contributed by atoms with E-state index in [0.29, 0.717) is 0 Å². The van der Waals surface area contributed by atoms with E-state index in [4.69, 9.17) is 0 Å². The zero-order chi connectivity index (χ0) is 20.9. The maximum absolute atomic E-state index is 13.3. The van der Waals surface area contributed by atoms with Crippen LogP contribution in [-0.2, 0) is 17.4 Å². The number of rotatable bonds is 5. The molecule has 0 bridgehead atoms. The van der Waals surface area contributed by atoms with Crippen molar-refractivity contribution in [2.45, 2.75) is 39.4 Å². The predicted octanol–water partition coefficient (Wildman–Crippen LogP) is 5.11. The molecule has 28 heavy (non-hydrogen) atoms. The molecule has 0 saturated carbocycles. The molecule has 2 aromatic carbocycles. The van der Waals surface area contributed by atoms with Crippen LogP contribution >= 0.6 is 0 Å². The van der Waals surface area contributed by atoms with Crippen LogP contribution in [0.3, 0.4) is 0 Å². The molecule has 0 saturated heterocycles. The molecular weight excluding hydrogens is 371 g/mol. The zero-order valence-corrected chi connectivity index (χ0v) is 15.8. The van der Waals surface area contributed by atoms with Gasteiger partial charge in [0.25, 0.3) is 0 Å². The number of aryl methyl sites for hydroxylation is 1. The molecule has 0 aliphatic heterocycles. The zero-order valence-electron chi connectivity index (χ0n) is 15.8. The molecule has 5 nitrogen and oxygen atoms in total. The van der Waals surface area contributed by atoms with Crippen LogP contribution in [0.4, 0.5) is 29.3 Å². The molecule has 0 unspecified atom stereocenters. The number of benzene rings is 2. The number of urea groups is 1. The average molecular weight is 393 g/mol. The first-order valence-electron chi connectivity index (χ1n) is 8.75. The van der Waals surface area contributed by atoms with Gasteiger partial charge in [0.2, 0.25) is 5.91 Å². The number of halogens is 3. The molecule has 0 aliphatic carbocycles. The summed E-state index contributed by atoms with van der Waals surface area (Å²) in [5, 5.41) is 7.15. The van der Waals surface area contributed by atoms with Crippen LogP contribution in [0.25, 0.3) is 0 Å². The highest BCUT2D eigenvalue weighted by molar-refractivity contribution is 5.92. The van der Waals surface area contributed by atoms with Gasteiger partial charge < -0.3 is 16.0 Å². The Hall–Kier alpha value is -3.03. The second-order valence-electron chi connectivity index (χ2n) is 6.35. The monoisotopic (exact) mass is 393 g/mol. The van der Waals surface area contributed by atoms with E-state index in [1.807, 2.05) is 31.2 Å². The van der Waals surface area contributed by atoms with E-state index in [1.165, 1.54) is 13.0 Å². The van der Waals surface area contributed by atoms with Gasteiger partial charge >= 0.3 is 12.2 Å². The Bertz CT molecular complexity index is 849. The number of amides is 3. The van der Waals surface area contributed by atoms with E-state index in [9.17, 15) is 22.8 Å². The minimum absolute atomic E-state index is 0.00448. The lowest BCUT2D eigenvalue weighted by molar-refractivity contribution is -0.137. The lowest BCUT2D eigenvalue weighted by Crippen LogP contribution is -2.32. The summed E-state index contributed by atoms with van der Waals surface area (Å²) in [6, 6.07) is 9.64. The quantitative estimate of drug-likeness (QED) is 0.661. The molecule has 0 radical (unpaired) electrons. The minimum Gasteiger partial charge on any atom is -0.331 e. The van der Waals surface area contributed by atoms with Crippen molar-refractivity contribution in [2.24, 2.45) is 0 Å². The number of carbonyl (C=O) groups excluding carboxylic acids is 2. The third-order valence-corrected chi connectivity index (χ3v) is 4.13. The first kappa shape index (κ1) is 21.3. The molecule has 3 N–H and O–H groups in total. The van der Waals surface area contributed by atoms with Gasteiger partial charge in [-0.05, 0) is 42.7 Å². The van der Waals surface area contributed by atoms with Crippen molar-refractivity contribution in [3.8, 4) is 0 Å². The van der Waals surface area contributed by atoms with E-state index in [2.05, 4.69) is 16.0 Å². The highest BCUT2D eigenvalue weighted by Crippen LogP contribution is 2.36. The lowest BCUT2D eigenvalue weighted by atomic mass is 10.1. The van der Waals surface area contributed by atoms with Crippen LogP contribution in [0.1, 0.15) is 43.5 Å². The summed E-state index contributed by atoms with van der Waals surface area (Å²) >= 11 is 0. The second kappa shape index (κ2) is 8.77. The van der Waals surface area contributed by atoms with Crippen molar-refractivity contribution < 1.29 is 22.8 Å². The first-order valence-corrected chi connectivity index (χ1v) is 8.75. The van der Waals surface area contributed by atoms with Gasteiger partial charge in [0.05, 0.1) is 17.3 Å². The van der Waals surface area contributed by atoms with Gasteiger partial charge in [-0.25, -0.2) is 4.79 Å². The predicted molar refractivity (Wildman–Crippen MR) is 102 cm³/mol. The van der Waals surface area contributed by atoms with Crippen LogP contribution < -0.4 is 16.0 Å². The van der Waals surface area contributed by atoms with E-state index in [-0.39, 0.29) is 11.7 Å². The Morgan fingerprint density at radius 1 is 1.04 bits per heavy atom. The van der Waals surface area contributed by atoms with Crippen molar-refractivity contribution in [1.82, 2.24) is 5.32 Å². The van der Waals surface area contributed by atoms with Crippen LogP contribution in [0.2, 0.25) is 0 Å². The fraction of sp³-hybridized carbons (Fsp3) is 0.300. The van der Waals surface area contributed by atoms with Crippen molar-refractivity contribution in [3.05, 3.63) is 59.2 Å². The van der Waals surface area contributed by atoms with Crippen LogP contribution in [0.5, 0.6) is 0 Å². The highest BCUT2D eigenvalue weighted by atomic mass is 19.4. The van der Waals surface area contributed by atoms with Crippen LogP contribution in [-0.4, -0.2) is 11.9 Å². The normalized spacial score (nSPS) is 12.2. The molecular formula is C20H22F3N3O2. The number of hydrogen-bond acceptors (Lipinski definition) is 2. The average Bonchev–Trinajstić information content (AvgIpc) is 2.61. The highest BCUT2D eigenvalue weighted by Gasteiger charge is 2.34. The first-order chi connectivity index (χ1) is 13.1. The number of nitrogens with one attached hydrogen (secondary N) is 3. The van der Waals surface area contributed by atoms with Crippen molar-refractivity contribution in [1.29, 1.82) is 0 Å². The molecule has 0 aliphatic rings. The third-order valence-electron chi connectivity index (χ3n) is 4.13. The fourth-order valence-electron chi connectivity index (χ4n) is 2.65. The topological polar surface area (TPSA) is 70.2 Å². The molecule has 0 heterocycles. The van der Waals surface area contributed by atoms with Crippen molar-refractivity contribution >= 4 is 23.3 Å². The van der Waals surface area contributed by atoms with Gasteiger partial charge in [-0.2, -0.15) is 13.2 Å². The summed E-state index contributed by atoms with van der Waals surface area (Å²) in [5.41, 5.74) is 0.538. The molecule has 2 rings (SSSR count). The summed E-state index contributed by atoms with van der Waals surface area (Å²) in [4.78, 5) is 23.3. The molecule has 150 valence electrons. The lowest BCUT2D eigenvalue weighted by Gasteiger charge is -2.18. The molecule has 8 heteroatoms. The Balaban J connectivity index is 2.14. The summed E-state index contributed by atoms with van der Waals surface area (Å²) in [5.74, 6) is -0.491. The maximum Gasteiger partial charge on any atom is 0.418 e. The number of hydrogen-bond donors (Lipinski definition) is 3. The van der Waals surface area contributed by atoms with Gasteiger partial charge in [-0.15, -0.1) is 0 Å². The Morgan fingerprint density at radius 3 is 2.21 bits per heavy atom. The smallest absolute Gasteiger partial charge is 0.331 e. The van der Waals surface area contributed by atoms with E-state index in [0.717, 1.165) is 29.7 Å². The largest absolute Gasteiger partial charge is 0.418 e. The molecule has 1 atom stereocenters. The standard InChI is InChI=1S/C20H22F3N3O2/c1-4-14-5-7-15(8-6-14)12(2)24-19(28)26-18-10-9-16(25-13(3)27)11-17(18)20(21,22)23/h5-12H,4H2,1-3H3,(H,25,27)(H2,24,26,28)/t12-/m1/s1. The van der Waals surface area contributed by atoms with Gasteiger partial charge in [0.1, 0.15) is 0 Å². The SMILES string of the molecule is CCc1ccc([C@@H](C)NC(=O)Nc2ccc(NC(C)=O)cc2C(F)(F)F)cc1. The number of carbonyl (C=O) groups is 2. The summed E-state index contributed by atoms with van der Waals surface area (Å²) < 4.78 is 40.0. The summed E-state index contributed by atoms with van der Waals surface area (Å²) in [7, 11) is 0. The molecule has 0 aromatic heterocycles. The fourth-order valence-corrected chi connectivity index (χ4v) is 2.65. The molecule has 2 aromatic rings. The Morgan fingerprint density at radius 2 is 1.68 bits per heavy atom.